The molecule has 0 bridgehead atoms. The second kappa shape index (κ2) is 17.6. The van der Waals surface area contributed by atoms with Gasteiger partial charge in [-0.05, 0) is 74.8 Å². The summed E-state index contributed by atoms with van der Waals surface area (Å²) in [4.78, 5) is 25.6. The molecule has 1 saturated heterocycles. The van der Waals surface area contributed by atoms with E-state index in [1.165, 1.54) is 42.7 Å². The number of likely N-dealkylation sites (N-methyl/N-ethyl adjacent to an activating group) is 1. The number of hydrogen-bond acceptors (Lipinski definition) is 4. The molecule has 6 heteroatoms. The molecular weight excluding hydrogens is 440 g/mol. The number of carbonyl (C=O) groups excluding carboxylic acids is 1. The highest BCUT2D eigenvalue weighted by molar-refractivity contribution is 5.90. The van der Waals surface area contributed by atoms with Crippen LogP contribution in [0.1, 0.15) is 91.1 Å². The van der Waals surface area contributed by atoms with Crippen molar-refractivity contribution in [1.29, 1.82) is 0 Å². The van der Waals surface area contributed by atoms with Gasteiger partial charge in [-0.1, -0.05) is 68.0 Å². The molecule has 198 valence electrons. The first-order valence-corrected chi connectivity index (χ1v) is 12.0. The van der Waals surface area contributed by atoms with Gasteiger partial charge in [0.15, 0.2) is 0 Å². The highest BCUT2D eigenvalue weighted by atomic mass is 16.6. The first kappa shape index (κ1) is 34.3. The summed E-state index contributed by atoms with van der Waals surface area (Å²) < 4.78 is 5.50. The van der Waals surface area contributed by atoms with E-state index in [-0.39, 0.29) is 25.8 Å². The van der Waals surface area contributed by atoms with Crippen LogP contribution in [0.15, 0.2) is 48.5 Å². The third-order valence-corrected chi connectivity index (χ3v) is 5.73. The summed E-state index contributed by atoms with van der Waals surface area (Å²) in [6.07, 6.45) is 3.95. The molecule has 0 saturated carbocycles. The minimum Gasteiger partial charge on any atom is -0.478 e. The third-order valence-electron chi connectivity index (χ3n) is 5.73. The second-order valence-electron chi connectivity index (χ2n) is 7.75. The molecule has 1 atom stereocenters. The number of likely N-dealkylation sites (tertiary alicyclic amines) is 1. The zero-order valence-electron chi connectivity index (χ0n) is 21.0. The molecule has 1 aliphatic rings. The summed E-state index contributed by atoms with van der Waals surface area (Å²) >= 11 is 0. The predicted molar refractivity (Wildman–Crippen MR) is 149 cm³/mol. The van der Waals surface area contributed by atoms with Gasteiger partial charge in [0.2, 0.25) is 0 Å². The van der Waals surface area contributed by atoms with Crippen molar-refractivity contribution in [2.24, 2.45) is 0 Å². The third kappa shape index (κ3) is 10.1. The van der Waals surface area contributed by atoms with Crippen molar-refractivity contribution in [3.63, 3.8) is 0 Å². The zero-order chi connectivity index (χ0) is 24.9. The Bertz CT molecular complexity index is 867. The Balaban J connectivity index is 0. The normalized spacial score (nSPS) is 16.9. The first-order valence-electron chi connectivity index (χ1n) is 12.0. The van der Waals surface area contributed by atoms with Crippen molar-refractivity contribution < 1.29 is 19.4 Å². The predicted octanol–water partition coefficient (Wildman–Crippen LogP) is 8.08. The van der Waals surface area contributed by atoms with Crippen LogP contribution < -0.4 is 10.1 Å². The number of carbonyl (C=O) groups is 2. The monoisotopic (exact) mass is 488 g/mol. The van der Waals surface area contributed by atoms with Gasteiger partial charge in [0.25, 0.3) is 0 Å². The van der Waals surface area contributed by atoms with E-state index >= 15 is 0 Å². The van der Waals surface area contributed by atoms with Gasteiger partial charge in [-0.15, -0.1) is 0 Å². The molecule has 6 nitrogen and oxygen atoms in total. The Morgan fingerprint density at radius 3 is 2.23 bits per heavy atom. The number of carboxylic acid groups (broad SMARTS) is 1. The number of benzene rings is 2. The quantitative estimate of drug-likeness (QED) is 0.445. The van der Waals surface area contributed by atoms with Crippen LogP contribution in [0.25, 0.3) is 0 Å². The summed E-state index contributed by atoms with van der Waals surface area (Å²) in [5.41, 5.74) is 1.90. The first-order chi connectivity index (χ1) is 15.9. The maximum Gasteiger partial charge on any atom is 0.417 e. The van der Waals surface area contributed by atoms with Crippen LogP contribution >= 0.6 is 0 Å². The molecule has 35 heavy (non-hydrogen) atoms. The van der Waals surface area contributed by atoms with Gasteiger partial charge in [0.05, 0.1) is 5.56 Å². The fourth-order valence-corrected chi connectivity index (χ4v) is 4.08. The molecular formula is C29H48N2O4. The van der Waals surface area contributed by atoms with Crippen molar-refractivity contribution in [3.8, 4) is 5.75 Å². The lowest BCUT2D eigenvalue weighted by Gasteiger charge is -2.35. The fraction of sp³-hybridized carbons (Fsp3) is 0.517. The Kier molecular flexibility index (Phi) is 17.2. The number of amides is 1. The Labute approximate surface area is 213 Å². The number of aromatic carboxylic acids is 1. The standard InChI is InChI=1S/C23H28N2O4.2C2H6.2CH4/c1-3-23(13-4-5-14-25(2)16-23)18-7-6-8-20(15-18)29-22(28)24-19-11-9-17(10-12-19)21(26)27;2*1-2;;/h6-12,15H,3-5,13-14,16H2,1-2H3,(H,24,28)(H,26,27);2*1-2H3;2*1H4. The van der Waals surface area contributed by atoms with E-state index in [4.69, 9.17) is 9.84 Å². The van der Waals surface area contributed by atoms with Crippen LogP contribution in [0.5, 0.6) is 5.75 Å². The molecule has 1 unspecified atom stereocenters. The Morgan fingerprint density at radius 2 is 1.66 bits per heavy atom. The van der Waals surface area contributed by atoms with E-state index in [2.05, 4.69) is 30.3 Å². The second-order valence-corrected chi connectivity index (χ2v) is 7.75. The molecule has 1 amide bonds. The molecule has 0 radical (unpaired) electrons. The van der Waals surface area contributed by atoms with E-state index in [0.717, 1.165) is 25.9 Å². The average Bonchev–Trinajstić information content (AvgIpc) is 3.04. The molecule has 2 aromatic carbocycles. The number of ether oxygens (including phenoxy) is 1. The van der Waals surface area contributed by atoms with E-state index in [1.807, 2.05) is 39.8 Å². The molecule has 1 aliphatic heterocycles. The van der Waals surface area contributed by atoms with Crippen LogP contribution in [0.2, 0.25) is 0 Å². The topological polar surface area (TPSA) is 78.9 Å². The van der Waals surface area contributed by atoms with Crippen molar-refractivity contribution in [2.75, 3.05) is 25.5 Å². The number of carboxylic acids is 1. The van der Waals surface area contributed by atoms with Crippen molar-refractivity contribution in [3.05, 3.63) is 59.7 Å². The molecule has 0 aliphatic carbocycles. The molecule has 2 aromatic rings. The summed E-state index contributed by atoms with van der Waals surface area (Å²) in [6.45, 7) is 12.3. The maximum atomic E-state index is 12.3. The van der Waals surface area contributed by atoms with Crippen molar-refractivity contribution in [2.45, 2.75) is 80.6 Å². The van der Waals surface area contributed by atoms with Crippen LogP contribution in [0.3, 0.4) is 0 Å². The van der Waals surface area contributed by atoms with Gasteiger partial charge in [0, 0.05) is 17.6 Å². The minimum atomic E-state index is -1.01. The molecule has 1 fully saturated rings. The van der Waals surface area contributed by atoms with Gasteiger partial charge in [-0.3, -0.25) is 5.32 Å². The molecule has 3 rings (SSSR count). The molecule has 2 N–H and O–H groups in total. The molecule has 0 spiro atoms. The summed E-state index contributed by atoms with van der Waals surface area (Å²) in [7, 11) is 2.17. The fourth-order valence-electron chi connectivity index (χ4n) is 4.08. The molecule has 0 aromatic heterocycles. The van der Waals surface area contributed by atoms with Gasteiger partial charge < -0.3 is 14.7 Å². The zero-order valence-corrected chi connectivity index (χ0v) is 21.0. The Morgan fingerprint density at radius 1 is 1.03 bits per heavy atom. The summed E-state index contributed by atoms with van der Waals surface area (Å²) in [6, 6.07) is 13.7. The summed E-state index contributed by atoms with van der Waals surface area (Å²) in [5.74, 6) is -0.508. The van der Waals surface area contributed by atoms with Crippen LogP contribution in [-0.2, 0) is 5.41 Å². The number of anilines is 1. The van der Waals surface area contributed by atoms with Gasteiger partial charge in [0.1, 0.15) is 5.75 Å². The largest absolute Gasteiger partial charge is 0.478 e. The van der Waals surface area contributed by atoms with Gasteiger partial charge in [-0.2, -0.15) is 0 Å². The highest BCUT2D eigenvalue weighted by Crippen LogP contribution is 2.37. The lowest BCUT2D eigenvalue weighted by Crippen LogP contribution is -2.37. The smallest absolute Gasteiger partial charge is 0.417 e. The van der Waals surface area contributed by atoms with E-state index < -0.39 is 12.1 Å². The summed E-state index contributed by atoms with van der Waals surface area (Å²) in [5, 5.41) is 11.6. The lowest BCUT2D eigenvalue weighted by molar-refractivity contribution is 0.0697. The van der Waals surface area contributed by atoms with E-state index in [0.29, 0.717) is 11.4 Å². The number of nitrogens with one attached hydrogen (secondary N) is 1. The van der Waals surface area contributed by atoms with E-state index in [9.17, 15) is 9.59 Å². The maximum absolute atomic E-state index is 12.3. The van der Waals surface area contributed by atoms with Gasteiger partial charge >= 0.3 is 12.1 Å². The van der Waals surface area contributed by atoms with Crippen molar-refractivity contribution >= 4 is 17.7 Å². The average molecular weight is 489 g/mol. The highest BCUT2D eigenvalue weighted by Gasteiger charge is 2.33. The van der Waals surface area contributed by atoms with Crippen molar-refractivity contribution in [1.82, 2.24) is 4.90 Å². The SMILES string of the molecule is C.C.CC.CC.CCC1(c2cccc(OC(=O)Nc3ccc(C(=O)O)cc3)c2)CCCCN(C)C1. The number of hydrogen-bond donors (Lipinski definition) is 2. The van der Waals surface area contributed by atoms with E-state index in [1.54, 1.807) is 6.07 Å². The van der Waals surface area contributed by atoms with Crippen LogP contribution in [-0.4, -0.2) is 42.2 Å². The van der Waals surface area contributed by atoms with Gasteiger partial charge in [-0.25, -0.2) is 9.59 Å². The molecule has 1 heterocycles. The Hall–Kier alpha value is -2.86. The lowest BCUT2D eigenvalue weighted by atomic mass is 9.74. The van der Waals surface area contributed by atoms with Crippen LogP contribution in [0, 0.1) is 0 Å². The number of rotatable bonds is 5. The minimum absolute atomic E-state index is 0. The number of nitrogens with zero attached hydrogens (tertiary/aromatic N) is 1. The van der Waals surface area contributed by atoms with Crippen LogP contribution in [0.4, 0.5) is 10.5 Å².